The van der Waals surface area contributed by atoms with Crippen LogP contribution < -0.4 is 5.43 Å². The van der Waals surface area contributed by atoms with Gasteiger partial charge in [0.15, 0.2) is 5.82 Å². The first-order valence-corrected chi connectivity index (χ1v) is 9.45. The Balaban J connectivity index is 1.59. The Morgan fingerprint density at radius 2 is 1.83 bits per heavy atom. The number of imidazole rings is 1. The van der Waals surface area contributed by atoms with Gasteiger partial charge in [-0.1, -0.05) is 41.9 Å². The maximum atomic E-state index is 12.6. The number of nitrogens with one attached hydrogen (secondary N) is 1. The van der Waals surface area contributed by atoms with Crippen LogP contribution in [0.15, 0.2) is 78.0 Å². The molecule has 0 fully saturated rings. The number of pyridine rings is 1. The van der Waals surface area contributed by atoms with Crippen LogP contribution >= 0.6 is 11.6 Å². The number of para-hydroxylation sites is 2. The number of rotatable bonds is 5. The molecule has 2 heterocycles. The summed E-state index contributed by atoms with van der Waals surface area (Å²) in [6, 6.07) is 20.6. The highest BCUT2D eigenvalue weighted by Gasteiger charge is 2.15. The second-order valence-electron chi connectivity index (χ2n) is 6.46. The van der Waals surface area contributed by atoms with Crippen LogP contribution in [0.4, 0.5) is 0 Å². The van der Waals surface area contributed by atoms with Gasteiger partial charge in [-0.25, -0.2) is 10.4 Å². The van der Waals surface area contributed by atoms with E-state index in [2.05, 4.69) is 20.5 Å². The molecule has 2 aromatic carbocycles. The van der Waals surface area contributed by atoms with Gasteiger partial charge >= 0.3 is 0 Å². The fourth-order valence-corrected chi connectivity index (χ4v) is 3.13. The summed E-state index contributed by atoms with van der Waals surface area (Å²) in [6.45, 7) is 1.90. The van der Waals surface area contributed by atoms with Crippen LogP contribution in [0.5, 0.6) is 0 Å². The summed E-state index contributed by atoms with van der Waals surface area (Å²) in [5, 5.41) is 4.86. The lowest BCUT2D eigenvalue weighted by Gasteiger charge is -2.08. The van der Waals surface area contributed by atoms with Gasteiger partial charge in [0, 0.05) is 11.2 Å². The van der Waals surface area contributed by atoms with Gasteiger partial charge in [-0.05, 0) is 48.9 Å². The van der Waals surface area contributed by atoms with Crippen LogP contribution in [0.25, 0.3) is 22.6 Å². The molecule has 4 rings (SSSR count). The minimum absolute atomic E-state index is 0.0732. The molecule has 0 aliphatic carbocycles. The maximum absolute atomic E-state index is 12.6. The summed E-state index contributed by atoms with van der Waals surface area (Å²) in [4.78, 5) is 21.7. The van der Waals surface area contributed by atoms with Crippen molar-refractivity contribution >= 4 is 34.3 Å². The number of carbonyl (C=O) groups is 1. The number of nitrogens with zero attached hydrogens (tertiary/aromatic N) is 4. The predicted molar refractivity (Wildman–Crippen MR) is 115 cm³/mol. The largest absolute Gasteiger partial charge is 0.313 e. The molecule has 6 nitrogen and oxygen atoms in total. The van der Waals surface area contributed by atoms with Gasteiger partial charge in [0.1, 0.15) is 12.2 Å². The standard InChI is InChI=1S/C22H18ClN5O/c1-15(16-9-11-17(23)12-10-16)26-27-21(29)14-28-20-8-3-2-6-18(20)25-22(28)19-7-4-5-13-24-19/h2-13H,14H2,1H3,(H,27,29). The van der Waals surface area contributed by atoms with Crippen molar-refractivity contribution in [1.82, 2.24) is 20.0 Å². The molecule has 0 aliphatic heterocycles. The van der Waals surface area contributed by atoms with Crippen LogP contribution in [0.2, 0.25) is 5.02 Å². The summed E-state index contributed by atoms with van der Waals surface area (Å²) in [6.07, 6.45) is 1.71. The molecule has 0 spiro atoms. The topological polar surface area (TPSA) is 72.2 Å². The molecule has 0 saturated heterocycles. The number of hydrogen-bond acceptors (Lipinski definition) is 4. The van der Waals surface area contributed by atoms with E-state index < -0.39 is 0 Å². The maximum Gasteiger partial charge on any atom is 0.260 e. The monoisotopic (exact) mass is 403 g/mol. The minimum Gasteiger partial charge on any atom is -0.313 e. The van der Waals surface area contributed by atoms with E-state index in [-0.39, 0.29) is 12.5 Å². The summed E-state index contributed by atoms with van der Waals surface area (Å²) in [5.74, 6) is 0.388. The first-order valence-electron chi connectivity index (χ1n) is 9.07. The molecule has 7 heteroatoms. The normalized spacial score (nSPS) is 11.6. The van der Waals surface area contributed by atoms with Crippen LogP contribution in [0.3, 0.4) is 0 Å². The van der Waals surface area contributed by atoms with Crippen molar-refractivity contribution in [2.24, 2.45) is 5.10 Å². The molecule has 0 unspecified atom stereocenters. The number of benzene rings is 2. The quantitative estimate of drug-likeness (QED) is 0.399. The molecule has 144 valence electrons. The zero-order valence-electron chi connectivity index (χ0n) is 15.7. The third-order valence-electron chi connectivity index (χ3n) is 4.46. The molecule has 0 aliphatic rings. The molecular weight excluding hydrogens is 386 g/mol. The van der Waals surface area contributed by atoms with Crippen molar-refractivity contribution in [2.75, 3.05) is 0 Å². The summed E-state index contributed by atoms with van der Waals surface area (Å²) >= 11 is 5.91. The number of fused-ring (bicyclic) bond motifs is 1. The Morgan fingerprint density at radius 1 is 1.07 bits per heavy atom. The van der Waals surface area contributed by atoms with Crippen LogP contribution in [-0.2, 0) is 11.3 Å². The second-order valence-corrected chi connectivity index (χ2v) is 6.90. The summed E-state index contributed by atoms with van der Waals surface area (Å²) in [7, 11) is 0. The van der Waals surface area contributed by atoms with Gasteiger partial charge in [0.2, 0.25) is 0 Å². The average molecular weight is 404 g/mol. The molecule has 0 radical (unpaired) electrons. The minimum atomic E-state index is -0.251. The average Bonchev–Trinajstić information content (AvgIpc) is 3.11. The molecule has 29 heavy (non-hydrogen) atoms. The fraction of sp³-hybridized carbons (Fsp3) is 0.0909. The SMILES string of the molecule is CC(=NNC(=O)Cn1c(-c2ccccn2)nc2ccccc21)c1ccc(Cl)cc1. The van der Waals surface area contributed by atoms with Gasteiger partial charge in [-0.3, -0.25) is 9.78 Å². The van der Waals surface area contributed by atoms with E-state index in [0.29, 0.717) is 22.3 Å². The molecule has 0 bridgehead atoms. The zero-order chi connectivity index (χ0) is 20.2. The number of carbonyl (C=O) groups excluding carboxylic acids is 1. The number of aromatic nitrogens is 3. The smallest absolute Gasteiger partial charge is 0.260 e. The van der Waals surface area contributed by atoms with E-state index in [0.717, 1.165) is 16.6 Å². The first kappa shape index (κ1) is 18.8. The molecule has 2 aromatic heterocycles. The third kappa shape index (κ3) is 4.17. The van der Waals surface area contributed by atoms with Gasteiger partial charge < -0.3 is 4.57 Å². The second kappa shape index (κ2) is 8.24. The van der Waals surface area contributed by atoms with Gasteiger partial charge in [-0.15, -0.1) is 0 Å². The van der Waals surface area contributed by atoms with E-state index in [4.69, 9.17) is 11.6 Å². The van der Waals surface area contributed by atoms with Gasteiger partial charge in [-0.2, -0.15) is 5.10 Å². The zero-order valence-corrected chi connectivity index (χ0v) is 16.5. The first-order chi connectivity index (χ1) is 14.1. The van der Waals surface area contributed by atoms with E-state index in [1.54, 1.807) is 18.3 Å². The van der Waals surface area contributed by atoms with Gasteiger partial charge in [0.25, 0.3) is 5.91 Å². The van der Waals surface area contributed by atoms with Crippen LogP contribution in [-0.4, -0.2) is 26.2 Å². The van der Waals surface area contributed by atoms with Crippen molar-refractivity contribution in [3.05, 3.63) is 83.5 Å². The number of hydrazone groups is 1. The Morgan fingerprint density at radius 3 is 2.59 bits per heavy atom. The molecule has 0 atom stereocenters. The summed E-state index contributed by atoms with van der Waals surface area (Å²) in [5.41, 5.74) is 6.58. The van der Waals surface area contributed by atoms with Crippen LogP contribution in [0, 0.1) is 0 Å². The van der Waals surface area contributed by atoms with Crippen LogP contribution in [0.1, 0.15) is 12.5 Å². The lowest BCUT2D eigenvalue weighted by Crippen LogP contribution is -2.24. The van der Waals surface area contributed by atoms with Crippen molar-refractivity contribution in [2.45, 2.75) is 13.5 Å². The molecule has 0 saturated carbocycles. The Labute approximate surface area is 172 Å². The molecule has 1 N–H and O–H groups in total. The van der Waals surface area contributed by atoms with Gasteiger partial charge in [0.05, 0.1) is 16.7 Å². The van der Waals surface area contributed by atoms with Crippen molar-refractivity contribution in [1.29, 1.82) is 0 Å². The van der Waals surface area contributed by atoms with Crippen molar-refractivity contribution in [3.63, 3.8) is 0 Å². The third-order valence-corrected chi connectivity index (χ3v) is 4.71. The lowest BCUT2D eigenvalue weighted by molar-refractivity contribution is -0.121. The van der Waals surface area contributed by atoms with E-state index in [9.17, 15) is 4.79 Å². The summed E-state index contributed by atoms with van der Waals surface area (Å²) < 4.78 is 1.85. The molecule has 4 aromatic rings. The number of halogens is 1. The molecule has 1 amide bonds. The predicted octanol–water partition coefficient (Wildman–Crippen LogP) is 4.29. The van der Waals surface area contributed by atoms with E-state index in [1.807, 2.05) is 66.1 Å². The van der Waals surface area contributed by atoms with Crippen molar-refractivity contribution < 1.29 is 4.79 Å². The highest BCUT2D eigenvalue weighted by molar-refractivity contribution is 6.30. The molecular formula is C22H18ClN5O. The lowest BCUT2D eigenvalue weighted by atomic mass is 10.1. The van der Waals surface area contributed by atoms with E-state index >= 15 is 0 Å². The van der Waals surface area contributed by atoms with Crippen molar-refractivity contribution in [3.8, 4) is 11.5 Å². The van der Waals surface area contributed by atoms with E-state index in [1.165, 1.54) is 0 Å². The Bertz CT molecular complexity index is 1180. The highest BCUT2D eigenvalue weighted by atomic mass is 35.5. The number of amides is 1. The Kier molecular flexibility index (Phi) is 5.35. The number of hydrogen-bond donors (Lipinski definition) is 1. The fourth-order valence-electron chi connectivity index (χ4n) is 3.01. The Hall–Kier alpha value is -3.51. The highest BCUT2D eigenvalue weighted by Crippen LogP contribution is 2.23.